The molecule has 0 aromatic heterocycles. The van der Waals surface area contributed by atoms with Crippen molar-refractivity contribution in [2.45, 2.75) is 18.7 Å². The van der Waals surface area contributed by atoms with Gasteiger partial charge in [0.1, 0.15) is 4.90 Å². The zero-order valence-electron chi connectivity index (χ0n) is 15.9. The second-order valence-electron chi connectivity index (χ2n) is 6.30. The van der Waals surface area contributed by atoms with Crippen LogP contribution in [-0.2, 0) is 19.6 Å². The third kappa shape index (κ3) is 4.89. The molecular formula is C19H21ClN2O5S. The quantitative estimate of drug-likeness (QED) is 0.719. The monoisotopic (exact) mass is 424 g/mol. The summed E-state index contributed by atoms with van der Waals surface area (Å²) in [4.78, 5) is 24.1. The van der Waals surface area contributed by atoms with E-state index < -0.39 is 28.5 Å². The van der Waals surface area contributed by atoms with E-state index in [1.54, 1.807) is 19.1 Å². The van der Waals surface area contributed by atoms with E-state index >= 15 is 0 Å². The van der Waals surface area contributed by atoms with Gasteiger partial charge in [-0.15, -0.1) is 0 Å². The number of benzene rings is 2. The Morgan fingerprint density at radius 1 is 1.14 bits per heavy atom. The van der Waals surface area contributed by atoms with Crippen LogP contribution in [0.15, 0.2) is 41.3 Å². The summed E-state index contributed by atoms with van der Waals surface area (Å²) in [5, 5.41) is 2.53. The lowest BCUT2D eigenvalue weighted by Crippen LogP contribution is -2.24. The van der Waals surface area contributed by atoms with E-state index in [1.165, 1.54) is 32.3 Å². The number of rotatable bonds is 6. The Balaban J connectivity index is 2.08. The van der Waals surface area contributed by atoms with Crippen LogP contribution in [0.25, 0.3) is 0 Å². The first-order valence-corrected chi connectivity index (χ1v) is 10.1. The second-order valence-corrected chi connectivity index (χ2v) is 8.83. The lowest BCUT2D eigenvalue weighted by atomic mass is 10.0. The molecule has 0 fully saturated rings. The first kappa shape index (κ1) is 21.9. The maximum atomic E-state index is 12.3. The maximum Gasteiger partial charge on any atom is 0.338 e. The summed E-state index contributed by atoms with van der Waals surface area (Å²) in [5.41, 5.74) is 2.33. The molecule has 0 saturated heterocycles. The van der Waals surface area contributed by atoms with Crippen LogP contribution in [-0.4, -0.2) is 45.3 Å². The number of carbonyl (C=O) groups is 2. The Bertz CT molecular complexity index is 1020. The molecule has 0 aliphatic rings. The molecule has 0 atom stereocenters. The molecule has 0 bridgehead atoms. The van der Waals surface area contributed by atoms with Gasteiger partial charge >= 0.3 is 5.97 Å². The summed E-state index contributed by atoms with van der Waals surface area (Å²) in [6, 6.07) is 9.32. The Labute approximate surface area is 169 Å². The molecule has 0 unspecified atom stereocenters. The molecule has 0 spiro atoms. The van der Waals surface area contributed by atoms with Gasteiger partial charge in [0.2, 0.25) is 10.0 Å². The van der Waals surface area contributed by atoms with Crippen molar-refractivity contribution in [1.82, 2.24) is 4.31 Å². The minimum Gasteiger partial charge on any atom is -0.452 e. The molecule has 0 aliphatic heterocycles. The maximum absolute atomic E-state index is 12.3. The Morgan fingerprint density at radius 2 is 1.82 bits per heavy atom. The zero-order chi connectivity index (χ0) is 21.1. The van der Waals surface area contributed by atoms with Crippen LogP contribution in [0.1, 0.15) is 21.5 Å². The van der Waals surface area contributed by atoms with Crippen LogP contribution in [0.4, 0.5) is 5.69 Å². The smallest absolute Gasteiger partial charge is 0.338 e. The van der Waals surface area contributed by atoms with Gasteiger partial charge in [0.05, 0.1) is 10.6 Å². The van der Waals surface area contributed by atoms with Crippen LogP contribution >= 0.6 is 11.6 Å². The number of aryl methyl sites for hydroxylation is 1. The molecule has 1 amide bonds. The van der Waals surface area contributed by atoms with Crippen LogP contribution in [0, 0.1) is 13.8 Å². The fourth-order valence-electron chi connectivity index (χ4n) is 2.35. The second kappa shape index (κ2) is 8.72. The molecule has 0 aliphatic carbocycles. The average Bonchev–Trinajstić information content (AvgIpc) is 2.63. The van der Waals surface area contributed by atoms with E-state index in [4.69, 9.17) is 16.3 Å². The summed E-state index contributed by atoms with van der Waals surface area (Å²) >= 11 is 5.97. The fourth-order valence-corrected chi connectivity index (χ4v) is 3.75. The van der Waals surface area contributed by atoms with Crippen molar-refractivity contribution in [3.05, 3.63) is 58.1 Å². The molecule has 1 N–H and O–H groups in total. The van der Waals surface area contributed by atoms with Gasteiger partial charge in [-0.1, -0.05) is 23.7 Å². The summed E-state index contributed by atoms with van der Waals surface area (Å²) in [6.07, 6.45) is 0. The van der Waals surface area contributed by atoms with Gasteiger partial charge in [0.15, 0.2) is 6.61 Å². The predicted molar refractivity (Wildman–Crippen MR) is 107 cm³/mol. The first-order chi connectivity index (χ1) is 13.0. The number of anilines is 1. The number of hydrogen-bond donors (Lipinski definition) is 1. The number of halogens is 1. The normalized spacial score (nSPS) is 11.4. The highest BCUT2D eigenvalue weighted by molar-refractivity contribution is 7.89. The Hall–Kier alpha value is -2.42. The number of ether oxygens (including phenoxy) is 1. The molecule has 7 nitrogen and oxygen atoms in total. The minimum absolute atomic E-state index is 0.0352. The van der Waals surface area contributed by atoms with Crippen molar-refractivity contribution < 1.29 is 22.7 Å². The van der Waals surface area contributed by atoms with E-state index in [9.17, 15) is 18.0 Å². The molecule has 28 heavy (non-hydrogen) atoms. The van der Waals surface area contributed by atoms with Crippen molar-refractivity contribution in [3.63, 3.8) is 0 Å². The van der Waals surface area contributed by atoms with Crippen molar-refractivity contribution >= 4 is 39.2 Å². The number of nitrogens with zero attached hydrogens (tertiary/aromatic N) is 1. The molecule has 150 valence electrons. The first-order valence-electron chi connectivity index (χ1n) is 8.29. The minimum atomic E-state index is -3.77. The van der Waals surface area contributed by atoms with Gasteiger partial charge in [0.25, 0.3) is 5.91 Å². The number of hydrogen-bond acceptors (Lipinski definition) is 5. The summed E-state index contributed by atoms with van der Waals surface area (Å²) < 4.78 is 30.6. The number of sulfonamides is 1. The van der Waals surface area contributed by atoms with Crippen LogP contribution in [0.5, 0.6) is 0 Å². The van der Waals surface area contributed by atoms with E-state index in [0.29, 0.717) is 5.56 Å². The van der Waals surface area contributed by atoms with Gasteiger partial charge in [-0.2, -0.15) is 0 Å². The Kier molecular flexibility index (Phi) is 6.82. The summed E-state index contributed by atoms with van der Waals surface area (Å²) in [6.45, 7) is 3.16. The standard InChI is InChI=1S/C19H21ClN2O5S/c1-12-6-5-7-15(13(12)2)19(24)27-11-18(23)21-14-8-9-16(20)17(10-14)28(25,26)22(3)4/h5-10H,11H2,1-4H3,(H,21,23). The highest BCUT2D eigenvalue weighted by Gasteiger charge is 2.21. The zero-order valence-corrected chi connectivity index (χ0v) is 17.5. The van der Waals surface area contributed by atoms with E-state index in [2.05, 4.69) is 5.32 Å². The number of esters is 1. The molecule has 0 heterocycles. The third-order valence-electron chi connectivity index (χ3n) is 4.13. The van der Waals surface area contributed by atoms with Crippen molar-refractivity contribution in [2.75, 3.05) is 26.0 Å². The van der Waals surface area contributed by atoms with E-state index in [-0.39, 0.29) is 15.6 Å². The molecule has 2 rings (SSSR count). The van der Waals surface area contributed by atoms with E-state index in [1.807, 2.05) is 13.0 Å². The van der Waals surface area contributed by atoms with Crippen molar-refractivity contribution in [3.8, 4) is 0 Å². The average molecular weight is 425 g/mol. The molecule has 0 saturated carbocycles. The van der Waals surface area contributed by atoms with Crippen LogP contribution in [0.2, 0.25) is 5.02 Å². The van der Waals surface area contributed by atoms with Gasteiger partial charge in [0, 0.05) is 19.8 Å². The molecule has 2 aromatic carbocycles. The largest absolute Gasteiger partial charge is 0.452 e. The highest BCUT2D eigenvalue weighted by atomic mass is 35.5. The number of carbonyl (C=O) groups excluding carboxylic acids is 2. The fraction of sp³-hybridized carbons (Fsp3) is 0.263. The molecule has 2 aromatic rings. The SMILES string of the molecule is Cc1cccc(C(=O)OCC(=O)Nc2ccc(Cl)c(S(=O)(=O)N(C)C)c2)c1C. The van der Waals surface area contributed by atoms with Crippen LogP contribution < -0.4 is 5.32 Å². The predicted octanol–water partition coefficient (Wildman–Crippen LogP) is 3.00. The number of amides is 1. The highest BCUT2D eigenvalue weighted by Crippen LogP contribution is 2.26. The summed E-state index contributed by atoms with van der Waals surface area (Å²) in [5.74, 6) is -1.21. The van der Waals surface area contributed by atoms with Gasteiger partial charge < -0.3 is 10.1 Å². The number of nitrogens with one attached hydrogen (secondary N) is 1. The van der Waals surface area contributed by atoms with E-state index in [0.717, 1.165) is 15.4 Å². The topological polar surface area (TPSA) is 92.8 Å². The molecular weight excluding hydrogens is 404 g/mol. The van der Waals surface area contributed by atoms with Gasteiger partial charge in [-0.25, -0.2) is 17.5 Å². The Morgan fingerprint density at radius 3 is 2.46 bits per heavy atom. The van der Waals surface area contributed by atoms with Gasteiger partial charge in [-0.3, -0.25) is 4.79 Å². The summed E-state index contributed by atoms with van der Waals surface area (Å²) in [7, 11) is -1.01. The van der Waals surface area contributed by atoms with Crippen molar-refractivity contribution in [2.24, 2.45) is 0 Å². The lowest BCUT2D eigenvalue weighted by Gasteiger charge is -2.14. The van der Waals surface area contributed by atoms with Crippen molar-refractivity contribution in [1.29, 1.82) is 0 Å². The third-order valence-corrected chi connectivity index (χ3v) is 6.43. The van der Waals surface area contributed by atoms with Crippen LogP contribution in [0.3, 0.4) is 0 Å². The van der Waals surface area contributed by atoms with Gasteiger partial charge in [-0.05, 0) is 49.2 Å². The lowest BCUT2D eigenvalue weighted by molar-refractivity contribution is -0.119. The molecule has 9 heteroatoms. The molecule has 0 radical (unpaired) electrons.